The fourth-order valence-corrected chi connectivity index (χ4v) is 1.68. The minimum absolute atomic E-state index is 0.0324. The van der Waals surface area contributed by atoms with Crippen molar-refractivity contribution in [2.75, 3.05) is 7.11 Å². The van der Waals surface area contributed by atoms with Crippen molar-refractivity contribution in [2.45, 2.75) is 6.54 Å². The van der Waals surface area contributed by atoms with Gasteiger partial charge in [0.25, 0.3) is 0 Å². The highest BCUT2D eigenvalue weighted by Crippen LogP contribution is 2.22. The molecule has 21 heavy (non-hydrogen) atoms. The van der Waals surface area contributed by atoms with Crippen LogP contribution in [0.2, 0.25) is 0 Å². The summed E-state index contributed by atoms with van der Waals surface area (Å²) in [6.07, 6.45) is 0. The number of phenolic OH excluding ortho intramolecular Hbond substituents is 2. The van der Waals surface area contributed by atoms with Crippen molar-refractivity contribution in [1.29, 1.82) is 0 Å². The van der Waals surface area contributed by atoms with Gasteiger partial charge >= 0.3 is 5.97 Å². The maximum absolute atomic E-state index is 11.7. The molecule has 6 heteroatoms. The fourth-order valence-electron chi connectivity index (χ4n) is 1.68. The number of benzene rings is 2. The van der Waals surface area contributed by atoms with Crippen molar-refractivity contribution in [3.63, 3.8) is 0 Å². The average molecular weight is 289 g/mol. The number of ether oxygens (including phenoxy) is 1. The van der Waals surface area contributed by atoms with E-state index < -0.39 is 5.97 Å². The average Bonchev–Trinajstić information content (AvgIpc) is 2.47. The quantitative estimate of drug-likeness (QED) is 0.729. The first-order valence-electron chi connectivity index (χ1n) is 6.19. The Morgan fingerprint density at radius 2 is 1.86 bits per heavy atom. The molecule has 0 aliphatic rings. The highest BCUT2D eigenvalue weighted by molar-refractivity contribution is 5.92. The Balaban J connectivity index is 1.88. The Hall–Kier alpha value is -2.73. The lowest BCUT2D eigenvalue weighted by Gasteiger charge is -2.08. The number of nitrogens with one attached hydrogen (secondary N) is 1. The topological polar surface area (TPSA) is 88.0 Å². The highest BCUT2D eigenvalue weighted by atomic mass is 16.7. The van der Waals surface area contributed by atoms with E-state index in [1.807, 2.05) is 12.1 Å². The second-order valence-corrected chi connectivity index (χ2v) is 4.26. The first kappa shape index (κ1) is 14.7. The minimum atomic E-state index is -0.735. The van der Waals surface area contributed by atoms with Gasteiger partial charge in [-0.25, -0.2) is 4.79 Å². The van der Waals surface area contributed by atoms with Crippen LogP contribution in [0.1, 0.15) is 15.9 Å². The number of hydrogen-bond donors (Lipinski definition) is 3. The van der Waals surface area contributed by atoms with E-state index in [-0.39, 0.29) is 17.1 Å². The highest BCUT2D eigenvalue weighted by Gasteiger charge is 2.13. The molecule has 0 unspecified atom stereocenters. The molecule has 0 spiro atoms. The van der Waals surface area contributed by atoms with Crippen molar-refractivity contribution in [1.82, 2.24) is 5.48 Å². The summed E-state index contributed by atoms with van der Waals surface area (Å²) in [6.45, 7) is 0.314. The SMILES string of the molecule is COc1ccc(CNOC(=O)c2ccc(O)cc2O)cc1. The van der Waals surface area contributed by atoms with Gasteiger partial charge in [0.15, 0.2) is 0 Å². The molecule has 110 valence electrons. The predicted octanol–water partition coefficient (Wildman–Crippen LogP) is 1.97. The molecular weight excluding hydrogens is 274 g/mol. The first-order chi connectivity index (χ1) is 10.1. The van der Waals surface area contributed by atoms with Gasteiger partial charge in [0.2, 0.25) is 0 Å². The molecule has 0 saturated carbocycles. The van der Waals surface area contributed by atoms with E-state index in [2.05, 4.69) is 5.48 Å². The molecule has 0 aliphatic heterocycles. The Kier molecular flexibility index (Phi) is 4.63. The molecule has 0 radical (unpaired) electrons. The van der Waals surface area contributed by atoms with Gasteiger partial charge in [-0.3, -0.25) is 0 Å². The summed E-state index contributed by atoms with van der Waals surface area (Å²) in [5.74, 6) is -0.465. The third kappa shape index (κ3) is 3.87. The third-order valence-electron chi connectivity index (χ3n) is 2.80. The van der Waals surface area contributed by atoms with Crippen molar-refractivity contribution in [3.05, 3.63) is 53.6 Å². The second-order valence-electron chi connectivity index (χ2n) is 4.26. The maximum atomic E-state index is 11.7. The Morgan fingerprint density at radius 1 is 1.14 bits per heavy atom. The molecule has 0 atom stereocenters. The van der Waals surface area contributed by atoms with Crippen LogP contribution in [0, 0.1) is 0 Å². The Bertz CT molecular complexity index is 624. The van der Waals surface area contributed by atoms with Crippen molar-refractivity contribution in [3.8, 4) is 17.2 Å². The van der Waals surface area contributed by atoms with E-state index in [4.69, 9.17) is 14.7 Å². The monoisotopic (exact) mass is 289 g/mol. The van der Waals surface area contributed by atoms with Gasteiger partial charge in [0.05, 0.1) is 13.7 Å². The zero-order valence-electron chi connectivity index (χ0n) is 11.4. The molecule has 0 heterocycles. The smallest absolute Gasteiger partial charge is 0.360 e. The van der Waals surface area contributed by atoms with Crippen LogP contribution in [0.25, 0.3) is 0 Å². The number of carbonyl (C=O) groups is 1. The Morgan fingerprint density at radius 3 is 2.48 bits per heavy atom. The number of aromatic hydroxyl groups is 2. The number of hydroxylamine groups is 1. The fraction of sp³-hybridized carbons (Fsp3) is 0.133. The molecular formula is C15H15NO5. The van der Waals surface area contributed by atoms with E-state index >= 15 is 0 Å². The summed E-state index contributed by atoms with van der Waals surface area (Å²) in [4.78, 5) is 16.6. The molecule has 2 rings (SSSR count). The van der Waals surface area contributed by atoms with E-state index in [1.54, 1.807) is 19.2 Å². The van der Waals surface area contributed by atoms with Crippen LogP contribution in [0.4, 0.5) is 0 Å². The Labute approximate surface area is 121 Å². The lowest BCUT2D eigenvalue weighted by atomic mass is 10.2. The minimum Gasteiger partial charge on any atom is -0.508 e. The largest absolute Gasteiger partial charge is 0.508 e. The molecule has 3 N–H and O–H groups in total. The van der Waals surface area contributed by atoms with Gasteiger partial charge in [-0.15, -0.1) is 5.48 Å². The standard InChI is InChI=1S/C15H15NO5/c1-20-12-5-2-10(3-6-12)9-16-21-15(19)13-7-4-11(17)8-14(13)18/h2-8,16-18H,9H2,1H3. The lowest BCUT2D eigenvalue weighted by Crippen LogP contribution is -2.19. The maximum Gasteiger partial charge on any atom is 0.360 e. The number of carbonyl (C=O) groups excluding carboxylic acids is 1. The van der Waals surface area contributed by atoms with Crippen molar-refractivity contribution >= 4 is 5.97 Å². The lowest BCUT2D eigenvalue weighted by molar-refractivity contribution is 0.0234. The van der Waals surface area contributed by atoms with Crippen LogP contribution in [0.5, 0.6) is 17.2 Å². The molecule has 6 nitrogen and oxygen atoms in total. The second kappa shape index (κ2) is 6.62. The van der Waals surface area contributed by atoms with Crippen molar-refractivity contribution < 1.29 is 24.6 Å². The molecule has 0 aliphatic carbocycles. The van der Waals surface area contributed by atoms with Crippen LogP contribution in [0.15, 0.2) is 42.5 Å². The van der Waals surface area contributed by atoms with E-state index in [9.17, 15) is 9.90 Å². The molecule has 0 amide bonds. The van der Waals surface area contributed by atoms with E-state index in [0.29, 0.717) is 6.54 Å². The van der Waals surface area contributed by atoms with Crippen LogP contribution in [-0.2, 0) is 11.4 Å². The van der Waals surface area contributed by atoms with E-state index in [1.165, 1.54) is 12.1 Å². The number of rotatable bonds is 5. The summed E-state index contributed by atoms with van der Waals surface area (Å²) in [5.41, 5.74) is 3.38. The van der Waals surface area contributed by atoms with Crippen molar-refractivity contribution in [2.24, 2.45) is 0 Å². The van der Waals surface area contributed by atoms with E-state index in [0.717, 1.165) is 17.4 Å². The number of phenols is 2. The molecule has 2 aromatic rings. The summed E-state index contributed by atoms with van der Waals surface area (Å²) in [5, 5.41) is 18.7. The third-order valence-corrected chi connectivity index (χ3v) is 2.80. The normalized spacial score (nSPS) is 10.1. The van der Waals surface area contributed by atoms with Crippen LogP contribution >= 0.6 is 0 Å². The molecule has 0 bridgehead atoms. The zero-order valence-corrected chi connectivity index (χ0v) is 11.4. The zero-order chi connectivity index (χ0) is 15.2. The summed E-state index contributed by atoms with van der Waals surface area (Å²) in [7, 11) is 1.58. The molecule has 0 saturated heterocycles. The summed E-state index contributed by atoms with van der Waals surface area (Å²) >= 11 is 0. The number of hydrogen-bond acceptors (Lipinski definition) is 6. The predicted molar refractivity (Wildman–Crippen MR) is 75.0 cm³/mol. The van der Waals surface area contributed by atoms with Crippen LogP contribution in [0.3, 0.4) is 0 Å². The van der Waals surface area contributed by atoms with Crippen LogP contribution in [-0.4, -0.2) is 23.3 Å². The van der Waals surface area contributed by atoms with Crippen LogP contribution < -0.4 is 10.2 Å². The molecule has 0 fully saturated rings. The van der Waals surface area contributed by atoms with Gasteiger partial charge in [0, 0.05) is 6.07 Å². The van der Waals surface area contributed by atoms with Gasteiger partial charge in [-0.1, -0.05) is 12.1 Å². The number of methoxy groups -OCH3 is 1. The van der Waals surface area contributed by atoms with Gasteiger partial charge in [0.1, 0.15) is 22.8 Å². The molecule has 2 aromatic carbocycles. The van der Waals surface area contributed by atoms with Gasteiger partial charge in [-0.05, 0) is 29.8 Å². The molecule has 0 aromatic heterocycles. The van der Waals surface area contributed by atoms with Gasteiger partial charge in [-0.2, -0.15) is 0 Å². The summed E-state index contributed by atoms with van der Waals surface area (Å²) < 4.78 is 5.04. The summed E-state index contributed by atoms with van der Waals surface area (Å²) in [6, 6.07) is 10.9. The first-order valence-corrected chi connectivity index (χ1v) is 6.19. The van der Waals surface area contributed by atoms with Gasteiger partial charge < -0.3 is 19.8 Å².